The minimum Gasteiger partial charge on any atom is -0.350 e. The molecule has 0 saturated heterocycles. The molecular formula is C15H25N3OS. The van der Waals surface area contributed by atoms with Gasteiger partial charge in [-0.25, -0.2) is 0 Å². The number of rotatable bonds is 6. The summed E-state index contributed by atoms with van der Waals surface area (Å²) in [4.78, 5) is 15.4. The summed E-state index contributed by atoms with van der Waals surface area (Å²) in [6.07, 6.45) is 4.89. The van der Waals surface area contributed by atoms with Crippen molar-refractivity contribution in [1.82, 2.24) is 10.2 Å². The molecule has 1 aliphatic rings. The standard InChI is InChI=1S/C15H25N3OS/c1-18(14-7-3-2-5-12(14)9-16)11-15(19)17-10-13-6-4-8-20-13/h4,6,8,12,14H,2-3,5,7,9-11,16H2,1H3,(H,17,19). The first-order valence-electron chi connectivity index (χ1n) is 7.40. The molecule has 2 unspecified atom stereocenters. The van der Waals surface area contributed by atoms with Gasteiger partial charge in [0, 0.05) is 10.9 Å². The van der Waals surface area contributed by atoms with E-state index in [1.807, 2.05) is 24.6 Å². The van der Waals surface area contributed by atoms with Crippen LogP contribution < -0.4 is 11.1 Å². The molecule has 0 radical (unpaired) electrons. The van der Waals surface area contributed by atoms with E-state index in [1.54, 1.807) is 11.3 Å². The van der Waals surface area contributed by atoms with Crippen molar-refractivity contribution in [2.75, 3.05) is 20.1 Å². The Morgan fingerprint density at radius 3 is 3.00 bits per heavy atom. The normalized spacial score (nSPS) is 22.9. The average Bonchev–Trinajstić information content (AvgIpc) is 2.98. The summed E-state index contributed by atoms with van der Waals surface area (Å²) < 4.78 is 0. The average molecular weight is 295 g/mol. The molecule has 1 fully saturated rings. The number of amides is 1. The molecule has 0 aromatic carbocycles. The van der Waals surface area contributed by atoms with Crippen LogP contribution in [0, 0.1) is 5.92 Å². The van der Waals surface area contributed by atoms with Gasteiger partial charge in [-0.1, -0.05) is 18.9 Å². The van der Waals surface area contributed by atoms with Crippen LogP contribution in [0.25, 0.3) is 0 Å². The van der Waals surface area contributed by atoms with E-state index in [2.05, 4.69) is 10.2 Å². The van der Waals surface area contributed by atoms with E-state index in [4.69, 9.17) is 5.73 Å². The predicted molar refractivity (Wildman–Crippen MR) is 83.6 cm³/mol. The van der Waals surface area contributed by atoms with Gasteiger partial charge >= 0.3 is 0 Å². The highest BCUT2D eigenvalue weighted by atomic mass is 32.1. The fourth-order valence-corrected chi connectivity index (χ4v) is 3.69. The Morgan fingerprint density at radius 1 is 1.50 bits per heavy atom. The number of carbonyl (C=O) groups excluding carboxylic acids is 1. The van der Waals surface area contributed by atoms with Gasteiger partial charge in [-0.05, 0) is 43.8 Å². The molecule has 1 aromatic heterocycles. The van der Waals surface area contributed by atoms with Crippen LogP contribution in [0.15, 0.2) is 17.5 Å². The Balaban J connectivity index is 1.77. The number of hydrogen-bond donors (Lipinski definition) is 2. The van der Waals surface area contributed by atoms with Crippen LogP contribution in [-0.4, -0.2) is 37.0 Å². The molecule has 112 valence electrons. The summed E-state index contributed by atoms with van der Waals surface area (Å²) in [7, 11) is 2.05. The van der Waals surface area contributed by atoms with Crippen molar-refractivity contribution >= 4 is 17.2 Å². The molecule has 1 saturated carbocycles. The van der Waals surface area contributed by atoms with Crippen molar-refractivity contribution in [3.63, 3.8) is 0 Å². The smallest absolute Gasteiger partial charge is 0.234 e. The van der Waals surface area contributed by atoms with Crippen molar-refractivity contribution < 1.29 is 4.79 Å². The number of hydrogen-bond acceptors (Lipinski definition) is 4. The lowest BCUT2D eigenvalue weighted by Crippen LogP contribution is -2.46. The van der Waals surface area contributed by atoms with Crippen molar-refractivity contribution in [2.45, 2.75) is 38.3 Å². The zero-order chi connectivity index (χ0) is 14.4. The van der Waals surface area contributed by atoms with Gasteiger partial charge in [-0.15, -0.1) is 11.3 Å². The maximum atomic E-state index is 12.0. The summed E-state index contributed by atoms with van der Waals surface area (Å²) in [5.74, 6) is 0.640. The third kappa shape index (κ3) is 4.30. The van der Waals surface area contributed by atoms with E-state index in [1.165, 1.54) is 24.1 Å². The predicted octanol–water partition coefficient (Wildman–Crippen LogP) is 1.81. The molecule has 0 bridgehead atoms. The van der Waals surface area contributed by atoms with Crippen molar-refractivity contribution in [3.8, 4) is 0 Å². The Bertz CT molecular complexity index is 407. The third-order valence-corrected chi connectivity index (χ3v) is 5.05. The van der Waals surface area contributed by atoms with Crippen molar-refractivity contribution in [3.05, 3.63) is 22.4 Å². The molecule has 3 N–H and O–H groups in total. The number of nitrogens with zero attached hydrogens (tertiary/aromatic N) is 1. The lowest BCUT2D eigenvalue weighted by molar-refractivity contribution is -0.123. The maximum Gasteiger partial charge on any atom is 0.234 e. The van der Waals surface area contributed by atoms with Gasteiger partial charge in [-0.3, -0.25) is 9.69 Å². The molecule has 1 aromatic rings. The van der Waals surface area contributed by atoms with Crippen LogP contribution >= 0.6 is 11.3 Å². The molecule has 1 amide bonds. The van der Waals surface area contributed by atoms with Gasteiger partial charge < -0.3 is 11.1 Å². The summed E-state index contributed by atoms with van der Waals surface area (Å²) in [5.41, 5.74) is 5.86. The highest BCUT2D eigenvalue weighted by molar-refractivity contribution is 7.09. The molecule has 1 heterocycles. The molecule has 1 aliphatic carbocycles. The minimum atomic E-state index is 0.0993. The van der Waals surface area contributed by atoms with E-state index in [-0.39, 0.29) is 5.91 Å². The molecule has 0 aliphatic heterocycles. The second-order valence-electron chi connectivity index (χ2n) is 5.62. The fourth-order valence-electron chi connectivity index (χ4n) is 3.04. The number of likely N-dealkylation sites (N-methyl/N-ethyl adjacent to an activating group) is 1. The zero-order valence-corrected chi connectivity index (χ0v) is 13.0. The van der Waals surface area contributed by atoms with Crippen LogP contribution in [0.1, 0.15) is 30.6 Å². The third-order valence-electron chi connectivity index (χ3n) is 4.17. The van der Waals surface area contributed by atoms with Crippen LogP contribution in [0.3, 0.4) is 0 Å². The second kappa shape index (κ2) is 7.76. The van der Waals surface area contributed by atoms with Gasteiger partial charge in [0.05, 0.1) is 13.1 Å². The minimum absolute atomic E-state index is 0.0993. The van der Waals surface area contributed by atoms with Gasteiger partial charge in [0.1, 0.15) is 0 Å². The summed E-state index contributed by atoms with van der Waals surface area (Å²) in [6, 6.07) is 4.51. The molecular weight excluding hydrogens is 270 g/mol. The van der Waals surface area contributed by atoms with E-state index >= 15 is 0 Å². The monoisotopic (exact) mass is 295 g/mol. The van der Waals surface area contributed by atoms with Gasteiger partial charge in [0.15, 0.2) is 0 Å². The van der Waals surface area contributed by atoms with Gasteiger partial charge in [0.2, 0.25) is 5.91 Å². The lowest BCUT2D eigenvalue weighted by Gasteiger charge is -2.37. The number of carbonyl (C=O) groups is 1. The number of nitrogens with two attached hydrogens (primary N) is 1. The Labute approximate surface area is 125 Å². The van der Waals surface area contributed by atoms with E-state index in [0.29, 0.717) is 25.0 Å². The van der Waals surface area contributed by atoms with E-state index in [9.17, 15) is 4.79 Å². The van der Waals surface area contributed by atoms with Crippen LogP contribution in [0.4, 0.5) is 0 Å². The van der Waals surface area contributed by atoms with Crippen molar-refractivity contribution in [2.24, 2.45) is 11.7 Å². The van der Waals surface area contributed by atoms with Gasteiger partial charge in [0.25, 0.3) is 0 Å². The molecule has 0 spiro atoms. The first-order chi connectivity index (χ1) is 9.70. The quantitative estimate of drug-likeness (QED) is 0.841. The Hall–Kier alpha value is -0.910. The Kier molecular flexibility index (Phi) is 6.01. The summed E-state index contributed by atoms with van der Waals surface area (Å²) in [5, 5.41) is 5.02. The highest BCUT2D eigenvalue weighted by Crippen LogP contribution is 2.26. The highest BCUT2D eigenvalue weighted by Gasteiger charge is 2.28. The van der Waals surface area contributed by atoms with Crippen LogP contribution in [0.2, 0.25) is 0 Å². The molecule has 5 heteroatoms. The SMILES string of the molecule is CN(CC(=O)NCc1cccs1)C1CCCCC1CN. The maximum absolute atomic E-state index is 12.0. The summed E-state index contributed by atoms with van der Waals surface area (Å²) in [6.45, 7) is 1.83. The fraction of sp³-hybridized carbons (Fsp3) is 0.667. The lowest BCUT2D eigenvalue weighted by atomic mass is 9.84. The molecule has 20 heavy (non-hydrogen) atoms. The van der Waals surface area contributed by atoms with E-state index in [0.717, 1.165) is 13.0 Å². The number of nitrogens with one attached hydrogen (secondary N) is 1. The number of thiophene rings is 1. The molecule has 4 nitrogen and oxygen atoms in total. The topological polar surface area (TPSA) is 58.4 Å². The van der Waals surface area contributed by atoms with Crippen LogP contribution in [0.5, 0.6) is 0 Å². The molecule has 2 rings (SSSR count). The largest absolute Gasteiger partial charge is 0.350 e. The van der Waals surface area contributed by atoms with Crippen LogP contribution in [-0.2, 0) is 11.3 Å². The zero-order valence-electron chi connectivity index (χ0n) is 12.2. The van der Waals surface area contributed by atoms with Crippen molar-refractivity contribution in [1.29, 1.82) is 0 Å². The van der Waals surface area contributed by atoms with E-state index < -0.39 is 0 Å². The van der Waals surface area contributed by atoms with Gasteiger partial charge in [-0.2, -0.15) is 0 Å². The molecule has 2 atom stereocenters. The first-order valence-corrected chi connectivity index (χ1v) is 8.28. The first kappa shape index (κ1) is 15.5. The second-order valence-corrected chi connectivity index (χ2v) is 6.65. The summed E-state index contributed by atoms with van der Waals surface area (Å²) >= 11 is 1.67. The Morgan fingerprint density at radius 2 is 2.30 bits per heavy atom.